The summed E-state index contributed by atoms with van der Waals surface area (Å²) in [4.78, 5) is 27.9. The third-order valence-corrected chi connectivity index (χ3v) is 3.95. The van der Waals surface area contributed by atoms with Crippen LogP contribution in [0.15, 0.2) is 18.3 Å². The lowest BCUT2D eigenvalue weighted by Gasteiger charge is -2.29. The fraction of sp³-hybridized carbons (Fsp3) is 0.667. The molecule has 0 radical (unpaired) electrons. The van der Waals surface area contributed by atoms with Gasteiger partial charge >= 0.3 is 11.9 Å². The van der Waals surface area contributed by atoms with Crippen LogP contribution in [0.2, 0.25) is 0 Å². The summed E-state index contributed by atoms with van der Waals surface area (Å²) in [6.45, 7) is 11.7. The summed E-state index contributed by atoms with van der Waals surface area (Å²) >= 11 is 0. The van der Waals surface area contributed by atoms with Crippen molar-refractivity contribution in [1.82, 2.24) is 4.98 Å². The molecular formula is C21H33NO5. The van der Waals surface area contributed by atoms with E-state index in [0.29, 0.717) is 18.1 Å². The summed E-state index contributed by atoms with van der Waals surface area (Å²) < 4.78 is 16.2. The number of rotatable bonds is 5. The van der Waals surface area contributed by atoms with E-state index in [1.807, 2.05) is 34.6 Å². The van der Waals surface area contributed by atoms with Gasteiger partial charge in [-0.05, 0) is 59.4 Å². The number of nitrogens with zero attached hydrogens (tertiary/aromatic N) is 1. The Morgan fingerprint density at radius 3 is 2.22 bits per heavy atom. The largest absolute Gasteiger partial charge is 0.474 e. The minimum absolute atomic E-state index is 0.0274. The molecule has 0 aliphatic heterocycles. The van der Waals surface area contributed by atoms with Crippen LogP contribution < -0.4 is 4.74 Å². The zero-order chi connectivity index (χ0) is 20.4. The second-order valence-corrected chi connectivity index (χ2v) is 7.23. The maximum absolute atomic E-state index is 12.1. The van der Waals surface area contributed by atoms with Crippen LogP contribution in [-0.2, 0) is 14.3 Å². The van der Waals surface area contributed by atoms with Gasteiger partial charge in [-0.2, -0.15) is 0 Å². The third-order valence-electron chi connectivity index (χ3n) is 3.95. The Labute approximate surface area is 162 Å². The molecule has 0 aromatic carbocycles. The molecule has 1 heterocycles. The Kier molecular flexibility index (Phi) is 9.26. The second-order valence-electron chi connectivity index (χ2n) is 7.23. The Bertz CT molecular complexity index is 584. The van der Waals surface area contributed by atoms with E-state index in [-0.39, 0.29) is 24.0 Å². The molecule has 0 N–H and O–H groups in total. The first-order valence-electron chi connectivity index (χ1n) is 9.81. The first-order chi connectivity index (χ1) is 12.8. The molecule has 152 valence electrons. The molecule has 0 amide bonds. The maximum Gasteiger partial charge on any atom is 0.339 e. The highest BCUT2D eigenvalue weighted by Gasteiger charge is 2.30. The van der Waals surface area contributed by atoms with Crippen molar-refractivity contribution < 1.29 is 23.8 Å². The van der Waals surface area contributed by atoms with Crippen LogP contribution in [-0.4, -0.2) is 35.2 Å². The average Bonchev–Trinajstić information content (AvgIpc) is 2.63. The van der Waals surface area contributed by atoms with E-state index < -0.39 is 5.60 Å². The number of carbonyl (C=O) groups excluding carboxylic acids is 2. The van der Waals surface area contributed by atoms with E-state index in [4.69, 9.17) is 14.2 Å². The van der Waals surface area contributed by atoms with E-state index in [9.17, 15) is 9.59 Å². The number of hydrogen-bond acceptors (Lipinski definition) is 6. The summed E-state index contributed by atoms with van der Waals surface area (Å²) in [5.74, 6) is -0.0886. The minimum Gasteiger partial charge on any atom is -0.474 e. The molecule has 1 aliphatic carbocycles. The number of aromatic nitrogens is 1. The summed E-state index contributed by atoms with van der Waals surface area (Å²) in [6, 6.07) is 3.32. The van der Waals surface area contributed by atoms with Gasteiger partial charge in [0.2, 0.25) is 5.88 Å². The van der Waals surface area contributed by atoms with Crippen LogP contribution in [0.3, 0.4) is 0 Å². The van der Waals surface area contributed by atoms with E-state index >= 15 is 0 Å². The Balaban J connectivity index is 0.00000176. The summed E-state index contributed by atoms with van der Waals surface area (Å²) in [5, 5.41) is 0. The van der Waals surface area contributed by atoms with Crippen molar-refractivity contribution in [3.8, 4) is 5.88 Å². The number of ether oxygens (including phenoxy) is 3. The molecule has 0 unspecified atom stereocenters. The lowest BCUT2D eigenvalue weighted by molar-refractivity contribution is -0.161. The number of pyridine rings is 1. The molecule has 1 aromatic heterocycles. The monoisotopic (exact) mass is 379 g/mol. The van der Waals surface area contributed by atoms with Gasteiger partial charge in [0.25, 0.3) is 0 Å². The normalized spacial score (nSPS) is 19.3. The van der Waals surface area contributed by atoms with Crippen LogP contribution in [0.4, 0.5) is 0 Å². The molecule has 1 fully saturated rings. The molecule has 1 saturated carbocycles. The smallest absolute Gasteiger partial charge is 0.339 e. The summed E-state index contributed by atoms with van der Waals surface area (Å²) in [6.07, 6.45) is 4.55. The van der Waals surface area contributed by atoms with E-state index in [0.717, 1.165) is 25.7 Å². The molecule has 0 spiro atoms. The fourth-order valence-corrected chi connectivity index (χ4v) is 2.76. The van der Waals surface area contributed by atoms with Crippen molar-refractivity contribution in [3.63, 3.8) is 0 Å². The third kappa shape index (κ3) is 7.97. The van der Waals surface area contributed by atoms with E-state index in [2.05, 4.69) is 4.98 Å². The van der Waals surface area contributed by atoms with Crippen LogP contribution >= 0.6 is 0 Å². The predicted octanol–water partition coefficient (Wildman–Crippen LogP) is 4.56. The average molecular weight is 379 g/mol. The number of esters is 2. The Morgan fingerprint density at radius 1 is 1.11 bits per heavy atom. The van der Waals surface area contributed by atoms with Gasteiger partial charge in [-0.3, -0.25) is 4.79 Å². The van der Waals surface area contributed by atoms with Crippen molar-refractivity contribution in [2.75, 3.05) is 6.61 Å². The topological polar surface area (TPSA) is 74.7 Å². The molecule has 1 aliphatic rings. The lowest BCUT2D eigenvalue weighted by Crippen LogP contribution is -2.33. The molecule has 6 heteroatoms. The molecule has 6 nitrogen and oxygen atoms in total. The fourth-order valence-electron chi connectivity index (χ4n) is 2.76. The van der Waals surface area contributed by atoms with E-state index in [1.54, 1.807) is 19.1 Å². The Morgan fingerprint density at radius 2 is 1.74 bits per heavy atom. The molecule has 27 heavy (non-hydrogen) atoms. The quantitative estimate of drug-likeness (QED) is 0.698. The summed E-state index contributed by atoms with van der Waals surface area (Å²) in [7, 11) is 0. The zero-order valence-corrected chi connectivity index (χ0v) is 17.4. The number of hydrogen-bond donors (Lipinski definition) is 0. The van der Waals surface area contributed by atoms with Crippen molar-refractivity contribution in [2.24, 2.45) is 5.92 Å². The first-order valence-corrected chi connectivity index (χ1v) is 9.81. The van der Waals surface area contributed by atoms with Crippen molar-refractivity contribution in [3.05, 3.63) is 23.9 Å². The van der Waals surface area contributed by atoms with Gasteiger partial charge in [0.1, 0.15) is 11.7 Å². The molecule has 0 bridgehead atoms. The van der Waals surface area contributed by atoms with Crippen LogP contribution in [0, 0.1) is 5.92 Å². The molecule has 1 aromatic rings. The molecule has 0 atom stereocenters. The van der Waals surface area contributed by atoms with Crippen molar-refractivity contribution in [1.29, 1.82) is 0 Å². The van der Waals surface area contributed by atoms with Crippen LogP contribution in [0.1, 0.15) is 77.6 Å². The van der Waals surface area contributed by atoms with Crippen LogP contribution in [0.25, 0.3) is 0 Å². The highest BCUT2D eigenvalue weighted by molar-refractivity contribution is 5.89. The van der Waals surface area contributed by atoms with Gasteiger partial charge in [-0.25, -0.2) is 9.78 Å². The zero-order valence-electron chi connectivity index (χ0n) is 17.4. The van der Waals surface area contributed by atoms with Gasteiger partial charge in [0.05, 0.1) is 18.1 Å². The van der Waals surface area contributed by atoms with Crippen LogP contribution in [0.5, 0.6) is 5.88 Å². The predicted molar refractivity (Wildman–Crippen MR) is 104 cm³/mol. The van der Waals surface area contributed by atoms with Crippen molar-refractivity contribution >= 4 is 11.9 Å². The maximum atomic E-state index is 12.1. The summed E-state index contributed by atoms with van der Waals surface area (Å²) in [5.41, 5.74) is -0.0440. The van der Waals surface area contributed by atoms with Gasteiger partial charge < -0.3 is 14.2 Å². The SMILES string of the molecule is CC.CCOC(=O)c1ccc(OC2CCC(C(=O)OC(C)(C)C)CC2)nc1. The molecule has 0 saturated heterocycles. The second kappa shape index (κ2) is 10.9. The Hall–Kier alpha value is -2.11. The van der Waals surface area contributed by atoms with Gasteiger partial charge in [-0.1, -0.05) is 13.8 Å². The van der Waals surface area contributed by atoms with Crippen molar-refractivity contribution in [2.45, 2.75) is 78.9 Å². The standard InChI is InChI=1S/C19H27NO5.C2H6/c1-5-23-17(21)14-8-11-16(20-12-14)24-15-9-6-13(7-10-15)18(22)25-19(2,3)4;1-2/h8,11-13,15H,5-7,9-10H2,1-4H3;1-2H3. The van der Waals surface area contributed by atoms with Gasteiger partial charge in [0.15, 0.2) is 0 Å². The van der Waals surface area contributed by atoms with Gasteiger partial charge in [0, 0.05) is 12.3 Å². The molecule has 2 rings (SSSR count). The van der Waals surface area contributed by atoms with E-state index in [1.165, 1.54) is 6.20 Å². The minimum atomic E-state index is -0.449. The number of carbonyl (C=O) groups is 2. The highest BCUT2D eigenvalue weighted by atomic mass is 16.6. The van der Waals surface area contributed by atoms with Gasteiger partial charge in [-0.15, -0.1) is 0 Å². The highest BCUT2D eigenvalue weighted by Crippen LogP contribution is 2.29. The lowest BCUT2D eigenvalue weighted by atomic mass is 9.87. The molecular weight excluding hydrogens is 346 g/mol. The first kappa shape index (κ1) is 22.9.